The number of hydrogen-bond acceptors (Lipinski definition) is 2. The summed E-state index contributed by atoms with van der Waals surface area (Å²) in [6.07, 6.45) is 3.03. The molecule has 1 aliphatic carbocycles. The summed E-state index contributed by atoms with van der Waals surface area (Å²) in [4.78, 5) is 18.2. The lowest BCUT2D eigenvalue weighted by Crippen LogP contribution is -2.39. The maximum absolute atomic E-state index is 12.6. The van der Waals surface area contributed by atoms with Crippen LogP contribution in [0, 0.1) is 0 Å². The molecule has 0 radical (unpaired) electrons. The predicted molar refractivity (Wildman–Crippen MR) is 118 cm³/mol. The molecule has 1 atom stereocenters. The van der Waals surface area contributed by atoms with Gasteiger partial charge in [-0.15, -0.1) is 0 Å². The zero-order valence-electron chi connectivity index (χ0n) is 16.1. The zero-order chi connectivity index (χ0) is 19.5. The Balaban J connectivity index is 1.28. The van der Waals surface area contributed by atoms with Gasteiger partial charge in [0, 0.05) is 35.6 Å². The van der Waals surface area contributed by atoms with Crippen LogP contribution in [0.2, 0.25) is 5.02 Å². The highest BCUT2D eigenvalue weighted by atomic mass is 35.5. The first-order valence-corrected chi connectivity index (χ1v) is 10.7. The van der Waals surface area contributed by atoms with Crippen molar-refractivity contribution in [2.24, 2.45) is 0 Å². The number of halogens is 1. The van der Waals surface area contributed by atoms with Crippen LogP contribution in [0.15, 0.2) is 59.4 Å². The molecule has 146 valence electrons. The first kappa shape index (κ1) is 17.3. The van der Waals surface area contributed by atoms with E-state index in [1.807, 2.05) is 34.9 Å². The van der Waals surface area contributed by atoms with Crippen LogP contribution >= 0.6 is 11.6 Å². The van der Waals surface area contributed by atoms with Crippen molar-refractivity contribution in [3.63, 3.8) is 0 Å². The number of imidazole rings is 1. The standard InChI is InChI=1S/C24H22ClN3O/c25-19-9-8-18-22(14-15-4-3-5-17(19)23(15)18)27-12-10-16(11-13-27)28-21-7-2-1-6-20(21)26-24(28)29/h1-9,16,22H,10-14H2,(H,26,29). The second kappa shape index (κ2) is 6.48. The van der Waals surface area contributed by atoms with Crippen LogP contribution in [0.4, 0.5) is 0 Å². The number of rotatable bonds is 2. The molecule has 2 heterocycles. The molecule has 1 saturated heterocycles. The fourth-order valence-corrected chi connectivity index (χ4v) is 5.68. The fraction of sp³-hybridized carbons (Fsp3) is 0.292. The number of aromatic amines is 1. The van der Waals surface area contributed by atoms with Crippen LogP contribution in [-0.2, 0) is 6.42 Å². The lowest BCUT2D eigenvalue weighted by Gasteiger charge is -2.36. The SMILES string of the molecule is O=c1[nH]c2ccccc2n1C1CCN(C2Cc3cccc4c(Cl)ccc2c34)CC1. The van der Waals surface area contributed by atoms with Crippen LogP contribution < -0.4 is 5.69 Å². The lowest BCUT2D eigenvalue weighted by atomic mass is 9.99. The summed E-state index contributed by atoms with van der Waals surface area (Å²) in [5.41, 5.74) is 4.76. The molecule has 1 N–H and O–H groups in total. The van der Waals surface area contributed by atoms with Crippen molar-refractivity contribution in [1.29, 1.82) is 0 Å². The Bertz CT molecular complexity index is 1300. The third-order valence-electron chi connectivity index (χ3n) is 6.81. The lowest BCUT2D eigenvalue weighted by molar-refractivity contribution is 0.137. The maximum atomic E-state index is 12.6. The minimum atomic E-state index is 0.0114. The summed E-state index contributed by atoms with van der Waals surface area (Å²) in [5.74, 6) is 0. The molecule has 6 rings (SSSR count). The Morgan fingerprint density at radius 1 is 0.966 bits per heavy atom. The first-order valence-electron chi connectivity index (χ1n) is 10.3. The van der Waals surface area contributed by atoms with Crippen LogP contribution in [0.5, 0.6) is 0 Å². The molecule has 4 aromatic rings. The second-order valence-electron chi connectivity index (χ2n) is 8.28. The Morgan fingerprint density at radius 3 is 2.66 bits per heavy atom. The number of benzene rings is 3. The van der Waals surface area contributed by atoms with E-state index in [2.05, 4.69) is 34.1 Å². The molecule has 1 unspecified atom stereocenters. The molecular formula is C24H22ClN3O. The van der Waals surface area contributed by atoms with E-state index in [1.54, 1.807) is 0 Å². The first-order chi connectivity index (χ1) is 14.2. The van der Waals surface area contributed by atoms with Gasteiger partial charge in [-0.2, -0.15) is 0 Å². The van der Waals surface area contributed by atoms with E-state index in [4.69, 9.17) is 11.6 Å². The highest BCUT2D eigenvalue weighted by Crippen LogP contribution is 2.43. The summed E-state index contributed by atoms with van der Waals surface area (Å²) >= 11 is 6.45. The largest absolute Gasteiger partial charge is 0.326 e. The minimum absolute atomic E-state index is 0.0114. The molecule has 2 aliphatic rings. The number of para-hydroxylation sites is 2. The van der Waals surface area contributed by atoms with Crippen LogP contribution in [0.25, 0.3) is 21.8 Å². The van der Waals surface area contributed by atoms with Crippen LogP contribution in [0.3, 0.4) is 0 Å². The molecule has 1 aliphatic heterocycles. The summed E-state index contributed by atoms with van der Waals surface area (Å²) in [7, 11) is 0. The molecular weight excluding hydrogens is 382 g/mol. The molecule has 0 amide bonds. The number of likely N-dealkylation sites (tertiary alicyclic amines) is 1. The Morgan fingerprint density at radius 2 is 1.79 bits per heavy atom. The van der Waals surface area contributed by atoms with E-state index in [-0.39, 0.29) is 11.7 Å². The molecule has 29 heavy (non-hydrogen) atoms. The van der Waals surface area contributed by atoms with Crippen LogP contribution in [-0.4, -0.2) is 27.5 Å². The highest BCUT2D eigenvalue weighted by molar-refractivity contribution is 6.35. The Hall–Kier alpha value is -2.56. The molecule has 0 bridgehead atoms. The van der Waals surface area contributed by atoms with Gasteiger partial charge in [0.05, 0.1) is 11.0 Å². The van der Waals surface area contributed by atoms with E-state index in [0.29, 0.717) is 6.04 Å². The number of H-pyrrole nitrogens is 1. The summed E-state index contributed by atoms with van der Waals surface area (Å²) in [6, 6.07) is 19.4. The molecule has 1 aromatic heterocycles. The number of fused-ring (bicyclic) bond motifs is 1. The molecule has 0 spiro atoms. The van der Waals surface area contributed by atoms with Gasteiger partial charge in [0.15, 0.2) is 0 Å². The Kier molecular flexibility index (Phi) is 3.87. The van der Waals surface area contributed by atoms with Crippen molar-refractivity contribution in [2.45, 2.75) is 31.3 Å². The van der Waals surface area contributed by atoms with Gasteiger partial charge in [0.1, 0.15) is 0 Å². The van der Waals surface area contributed by atoms with E-state index in [1.165, 1.54) is 21.9 Å². The minimum Gasteiger partial charge on any atom is -0.306 e. The number of hydrogen-bond donors (Lipinski definition) is 1. The highest BCUT2D eigenvalue weighted by Gasteiger charge is 2.33. The number of nitrogens with zero attached hydrogens (tertiary/aromatic N) is 2. The second-order valence-corrected chi connectivity index (χ2v) is 8.69. The topological polar surface area (TPSA) is 41.0 Å². The molecule has 3 aromatic carbocycles. The average Bonchev–Trinajstić information content (AvgIpc) is 3.29. The number of piperidine rings is 1. The van der Waals surface area contributed by atoms with Crippen molar-refractivity contribution >= 4 is 33.4 Å². The molecule has 0 saturated carbocycles. The number of nitrogens with one attached hydrogen (secondary N) is 1. The fourth-order valence-electron chi connectivity index (χ4n) is 5.46. The summed E-state index contributed by atoms with van der Waals surface area (Å²) in [6.45, 7) is 2.00. The van der Waals surface area contributed by atoms with Gasteiger partial charge in [-0.1, -0.05) is 48.0 Å². The van der Waals surface area contributed by atoms with Crippen molar-refractivity contribution < 1.29 is 0 Å². The summed E-state index contributed by atoms with van der Waals surface area (Å²) < 4.78 is 1.97. The smallest absolute Gasteiger partial charge is 0.306 e. The van der Waals surface area contributed by atoms with Gasteiger partial charge >= 0.3 is 5.69 Å². The quantitative estimate of drug-likeness (QED) is 0.507. The summed E-state index contributed by atoms with van der Waals surface area (Å²) in [5, 5.41) is 3.35. The van der Waals surface area contributed by atoms with Crippen molar-refractivity contribution in [3.05, 3.63) is 81.2 Å². The van der Waals surface area contributed by atoms with E-state index < -0.39 is 0 Å². The van der Waals surface area contributed by atoms with Gasteiger partial charge in [-0.3, -0.25) is 9.47 Å². The monoisotopic (exact) mass is 403 g/mol. The van der Waals surface area contributed by atoms with E-state index in [9.17, 15) is 4.79 Å². The molecule has 5 heteroatoms. The zero-order valence-corrected chi connectivity index (χ0v) is 16.8. The van der Waals surface area contributed by atoms with Gasteiger partial charge in [-0.05, 0) is 54.0 Å². The van der Waals surface area contributed by atoms with E-state index in [0.717, 1.165) is 48.4 Å². The van der Waals surface area contributed by atoms with Gasteiger partial charge < -0.3 is 4.98 Å². The predicted octanol–water partition coefficient (Wildman–Crippen LogP) is 5.07. The van der Waals surface area contributed by atoms with Crippen molar-refractivity contribution in [3.8, 4) is 0 Å². The van der Waals surface area contributed by atoms with Gasteiger partial charge in [-0.25, -0.2) is 4.79 Å². The third kappa shape index (κ3) is 2.59. The molecule has 1 fully saturated rings. The third-order valence-corrected chi connectivity index (χ3v) is 7.14. The van der Waals surface area contributed by atoms with Crippen LogP contribution in [0.1, 0.15) is 36.1 Å². The average molecular weight is 404 g/mol. The van der Waals surface area contributed by atoms with Gasteiger partial charge in [0.2, 0.25) is 0 Å². The van der Waals surface area contributed by atoms with Crippen molar-refractivity contribution in [2.75, 3.05) is 13.1 Å². The normalized spacial score (nSPS) is 20.1. The number of aromatic nitrogens is 2. The molecule has 4 nitrogen and oxygen atoms in total. The Labute approximate surface area is 173 Å². The van der Waals surface area contributed by atoms with Gasteiger partial charge in [0.25, 0.3) is 0 Å². The maximum Gasteiger partial charge on any atom is 0.326 e. The van der Waals surface area contributed by atoms with Crippen molar-refractivity contribution in [1.82, 2.24) is 14.5 Å². The van der Waals surface area contributed by atoms with E-state index >= 15 is 0 Å².